The quantitative estimate of drug-likeness (QED) is 0.487. The van der Waals surface area contributed by atoms with Crippen molar-refractivity contribution in [3.63, 3.8) is 0 Å². The van der Waals surface area contributed by atoms with Gasteiger partial charge in [-0.1, -0.05) is 0 Å². The van der Waals surface area contributed by atoms with Crippen LogP contribution in [0.5, 0.6) is 0 Å². The van der Waals surface area contributed by atoms with Crippen molar-refractivity contribution in [2.45, 2.75) is 37.8 Å². The molecular weight excluding hydrogens is 176 g/mol. The minimum absolute atomic E-state index is 0.233. The first-order chi connectivity index (χ1) is 6.66. The van der Waals surface area contributed by atoms with Crippen LogP contribution in [0.4, 0.5) is 0 Å². The molecule has 0 saturated carbocycles. The second-order valence-electron chi connectivity index (χ2n) is 4.65. The Morgan fingerprint density at radius 2 is 1.86 bits per heavy atom. The molecule has 0 aromatic rings. The van der Waals surface area contributed by atoms with Gasteiger partial charge in [0.15, 0.2) is 5.96 Å². The molecule has 4 N–H and O–H groups in total. The molecule has 2 atom stereocenters. The standard InChI is InChI=1S/C10H20N4/c1-14-8-2-3-9(14)5-7(4-8)6-13-10(11)12/h7-9H,2-6H2,1H3,(H4,11,12,13). The van der Waals surface area contributed by atoms with Crippen LogP contribution in [-0.4, -0.2) is 36.5 Å². The van der Waals surface area contributed by atoms with E-state index in [2.05, 4.69) is 16.9 Å². The van der Waals surface area contributed by atoms with Crippen LogP contribution in [0.1, 0.15) is 25.7 Å². The highest BCUT2D eigenvalue weighted by molar-refractivity contribution is 5.75. The number of hydrogen-bond donors (Lipinski definition) is 2. The minimum atomic E-state index is 0.233. The maximum absolute atomic E-state index is 5.34. The third kappa shape index (κ3) is 1.85. The van der Waals surface area contributed by atoms with E-state index in [1.807, 2.05) is 0 Å². The number of piperidine rings is 1. The lowest BCUT2D eigenvalue weighted by molar-refractivity contribution is 0.137. The van der Waals surface area contributed by atoms with Gasteiger partial charge in [-0.3, -0.25) is 4.99 Å². The smallest absolute Gasteiger partial charge is 0.185 e. The molecule has 2 rings (SSSR count). The maximum Gasteiger partial charge on any atom is 0.185 e. The van der Waals surface area contributed by atoms with E-state index in [1.165, 1.54) is 25.7 Å². The summed E-state index contributed by atoms with van der Waals surface area (Å²) >= 11 is 0. The monoisotopic (exact) mass is 196 g/mol. The van der Waals surface area contributed by atoms with Gasteiger partial charge in [-0.05, 0) is 38.6 Å². The molecule has 0 aromatic heterocycles. The number of hydrogen-bond acceptors (Lipinski definition) is 2. The highest BCUT2D eigenvalue weighted by Crippen LogP contribution is 2.37. The van der Waals surface area contributed by atoms with Gasteiger partial charge in [-0.25, -0.2) is 0 Å². The van der Waals surface area contributed by atoms with E-state index in [0.717, 1.165) is 18.6 Å². The molecule has 0 aromatic carbocycles. The summed E-state index contributed by atoms with van der Waals surface area (Å²) in [5.41, 5.74) is 10.7. The van der Waals surface area contributed by atoms with Crippen LogP contribution in [-0.2, 0) is 0 Å². The molecule has 0 spiro atoms. The van der Waals surface area contributed by atoms with Crippen LogP contribution in [0.3, 0.4) is 0 Å². The van der Waals surface area contributed by atoms with Gasteiger partial charge in [0.25, 0.3) is 0 Å². The summed E-state index contributed by atoms with van der Waals surface area (Å²) in [6.45, 7) is 0.823. The topological polar surface area (TPSA) is 67.6 Å². The third-order valence-corrected chi connectivity index (χ3v) is 3.73. The Morgan fingerprint density at radius 1 is 1.29 bits per heavy atom. The minimum Gasteiger partial charge on any atom is -0.370 e. The van der Waals surface area contributed by atoms with Gasteiger partial charge < -0.3 is 16.4 Å². The summed E-state index contributed by atoms with van der Waals surface area (Å²) in [6.07, 6.45) is 5.26. The van der Waals surface area contributed by atoms with Crippen LogP contribution in [0, 0.1) is 5.92 Å². The Labute approximate surface area is 85.3 Å². The first-order valence-electron chi connectivity index (χ1n) is 5.44. The van der Waals surface area contributed by atoms with Crippen molar-refractivity contribution in [1.29, 1.82) is 0 Å². The van der Waals surface area contributed by atoms with Crippen molar-refractivity contribution >= 4 is 5.96 Å². The first-order valence-corrected chi connectivity index (χ1v) is 5.44. The molecule has 2 heterocycles. The van der Waals surface area contributed by atoms with Crippen LogP contribution in [0.2, 0.25) is 0 Å². The van der Waals surface area contributed by atoms with Gasteiger partial charge in [0.2, 0.25) is 0 Å². The summed E-state index contributed by atoms with van der Waals surface area (Å²) in [4.78, 5) is 6.66. The molecule has 4 nitrogen and oxygen atoms in total. The molecule has 80 valence electrons. The van der Waals surface area contributed by atoms with Crippen molar-refractivity contribution in [3.8, 4) is 0 Å². The van der Waals surface area contributed by atoms with Crippen molar-refractivity contribution in [2.24, 2.45) is 22.4 Å². The molecular formula is C10H20N4. The number of rotatable bonds is 2. The molecule has 14 heavy (non-hydrogen) atoms. The molecule has 2 aliphatic heterocycles. The van der Waals surface area contributed by atoms with Crippen molar-refractivity contribution < 1.29 is 0 Å². The molecule has 0 aliphatic carbocycles. The summed E-state index contributed by atoms with van der Waals surface area (Å²) < 4.78 is 0. The van der Waals surface area contributed by atoms with Crippen LogP contribution in [0.15, 0.2) is 4.99 Å². The van der Waals surface area contributed by atoms with Gasteiger partial charge in [0.05, 0.1) is 0 Å². The molecule has 2 bridgehead atoms. The van der Waals surface area contributed by atoms with E-state index < -0.39 is 0 Å². The van der Waals surface area contributed by atoms with Gasteiger partial charge in [0, 0.05) is 18.6 Å². The normalized spacial score (nSPS) is 37.1. The second kappa shape index (κ2) is 3.77. The molecule has 0 amide bonds. The fraction of sp³-hybridized carbons (Fsp3) is 0.900. The van der Waals surface area contributed by atoms with E-state index in [4.69, 9.17) is 11.5 Å². The van der Waals surface area contributed by atoms with Gasteiger partial charge in [0.1, 0.15) is 0 Å². The van der Waals surface area contributed by atoms with E-state index in [-0.39, 0.29) is 5.96 Å². The second-order valence-corrected chi connectivity index (χ2v) is 4.65. The predicted molar refractivity (Wildman–Crippen MR) is 58.0 cm³/mol. The summed E-state index contributed by atoms with van der Waals surface area (Å²) in [5, 5.41) is 0. The largest absolute Gasteiger partial charge is 0.370 e. The number of aliphatic imine (C=N–C) groups is 1. The number of nitrogens with two attached hydrogens (primary N) is 2. The molecule has 0 radical (unpaired) electrons. The Morgan fingerprint density at radius 3 is 2.36 bits per heavy atom. The SMILES string of the molecule is CN1C2CCC1CC(CN=C(N)N)C2. The summed E-state index contributed by atoms with van der Waals surface area (Å²) in [7, 11) is 2.25. The Hall–Kier alpha value is -0.770. The molecule has 4 heteroatoms. The third-order valence-electron chi connectivity index (χ3n) is 3.73. The fourth-order valence-corrected chi connectivity index (χ4v) is 2.91. The lowest BCUT2D eigenvalue weighted by Gasteiger charge is -2.35. The number of guanidine groups is 1. The van der Waals surface area contributed by atoms with Crippen LogP contribution < -0.4 is 11.5 Å². The van der Waals surface area contributed by atoms with E-state index >= 15 is 0 Å². The fourth-order valence-electron chi connectivity index (χ4n) is 2.91. The average molecular weight is 196 g/mol. The van der Waals surface area contributed by atoms with Crippen molar-refractivity contribution in [3.05, 3.63) is 0 Å². The summed E-state index contributed by atoms with van der Waals surface area (Å²) in [5.74, 6) is 0.932. The highest BCUT2D eigenvalue weighted by atomic mass is 15.2. The Kier molecular flexibility index (Phi) is 2.63. The van der Waals surface area contributed by atoms with Gasteiger partial charge >= 0.3 is 0 Å². The van der Waals surface area contributed by atoms with E-state index in [0.29, 0.717) is 5.92 Å². The van der Waals surface area contributed by atoms with Crippen LogP contribution >= 0.6 is 0 Å². The summed E-state index contributed by atoms with van der Waals surface area (Å²) in [6, 6.07) is 1.57. The zero-order valence-corrected chi connectivity index (χ0v) is 8.82. The van der Waals surface area contributed by atoms with Crippen molar-refractivity contribution in [1.82, 2.24) is 4.90 Å². The number of fused-ring (bicyclic) bond motifs is 2. The zero-order chi connectivity index (χ0) is 10.1. The molecule has 2 unspecified atom stereocenters. The molecule has 2 saturated heterocycles. The molecule has 2 aliphatic rings. The van der Waals surface area contributed by atoms with E-state index in [1.54, 1.807) is 0 Å². The number of nitrogens with zero attached hydrogens (tertiary/aromatic N) is 2. The molecule has 2 fully saturated rings. The first kappa shape index (κ1) is 9.77. The zero-order valence-electron chi connectivity index (χ0n) is 8.82. The Bertz CT molecular complexity index is 220. The lowest BCUT2D eigenvalue weighted by Crippen LogP contribution is -2.40. The van der Waals surface area contributed by atoms with Gasteiger partial charge in [-0.2, -0.15) is 0 Å². The lowest BCUT2D eigenvalue weighted by atomic mass is 9.91. The van der Waals surface area contributed by atoms with Gasteiger partial charge in [-0.15, -0.1) is 0 Å². The maximum atomic E-state index is 5.34. The Balaban J connectivity index is 1.90. The average Bonchev–Trinajstić information content (AvgIpc) is 2.41. The highest BCUT2D eigenvalue weighted by Gasteiger charge is 2.37. The van der Waals surface area contributed by atoms with Crippen molar-refractivity contribution in [2.75, 3.05) is 13.6 Å². The van der Waals surface area contributed by atoms with Crippen LogP contribution in [0.25, 0.3) is 0 Å². The predicted octanol–water partition coefficient (Wildman–Crippen LogP) is 0.133. The van der Waals surface area contributed by atoms with E-state index in [9.17, 15) is 0 Å².